The van der Waals surface area contributed by atoms with Crippen molar-refractivity contribution in [1.29, 1.82) is 0 Å². The van der Waals surface area contributed by atoms with E-state index < -0.39 is 43.4 Å². The third kappa shape index (κ3) is 20.3. The molecule has 0 spiro atoms. The standard InChI is InChI=1S/C35H68O9/c1-3-5-7-8-9-10-11-12-13-14-15-16-17-18-19-20-21-23-25-41-27-29(43-31(37)24-22-6-4-2)28-42-35-34(40)33(39)32(38)30(26-36)44-35/h29-30,32-36,38-40H,3-28H2,1-2H3. The molecule has 1 rings (SSSR count). The molecule has 6 atom stereocenters. The van der Waals surface area contributed by atoms with Crippen LogP contribution in [0.5, 0.6) is 0 Å². The number of carbonyl (C=O) groups excluding carboxylic acids is 1. The van der Waals surface area contributed by atoms with Crippen molar-refractivity contribution in [1.82, 2.24) is 0 Å². The Bertz CT molecular complexity index is 648. The van der Waals surface area contributed by atoms with Crippen LogP contribution in [0.1, 0.15) is 155 Å². The topological polar surface area (TPSA) is 135 Å². The van der Waals surface area contributed by atoms with Crippen molar-refractivity contribution in [2.24, 2.45) is 0 Å². The summed E-state index contributed by atoms with van der Waals surface area (Å²) >= 11 is 0. The van der Waals surface area contributed by atoms with Gasteiger partial charge in [0.1, 0.15) is 30.5 Å². The molecular formula is C35H68O9. The maximum atomic E-state index is 12.3. The van der Waals surface area contributed by atoms with E-state index in [1.165, 1.54) is 103 Å². The average Bonchev–Trinajstić information content (AvgIpc) is 3.02. The Hall–Kier alpha value is -0.810. The number of esters is 1. The van der Waals surface area contributed by atoms with Crippen molar-refractivity contribution < 1.29 is 44.2 Å². The number of hydrogen-bond donors (Lipinski definition) is 4. The van der Waals surface area contributed by atoms with E-state index in [1.54, 1.807) is 0 Å². The van der Waals surface area contributed by atoms with Crippen LogP contribution < -0.4 is 0 Å². The number of carbonyl (C=O) groups is 1. The van der Waals surface area contributed by atoms with E-state index in [0.29, 0.717) is 13.0 Å². The number of unbranched alkanes of at least 4 members (excludes halogenated alkanes) is 19. The summed E-state index contributed by atoms with van der Waals surface area (Å²) in [5, 5.41) is 39.6. The van der Waals surface area contributed by atoms with Crippen molar-refractivity contribution >= 4 is 5.97 Å². The van der Waals surface area contributed by atoms with Gasteiger partial charge in [-0.05, 0) is 12.8 Å². The molecule has 0 aromatic rings. The van der Waals surface area contributed by atoms with Crippen molar-refractivity contribution in [2.75, 3.05) is 26.4 Å². The molecule has 1 saturated heterocycles. The van der Waals surface area contributed by atoms with Crippen molar-refractivity contribution in [3.8, 4) is 0 Å². The first-order chi connectivity index (χ1) is 21.4. The van der Waals surface area contributed by atoms with E-state index in [-0.39, 0.29) is 19.2 Å². The van der Waals surface area contributed by atoms with E-state index in [2.05, 4.69) is 13.8 Å². The molecule has 9 nitrogen and oxygen atoms in total. The van der Waals surface area contributed by atoms with E-state index in [9.17, 15) is 25.2 Å². The molecule has 0 aliphatic carbocycles. The van der Waals surface area contributed by atoms with Crippen LogP contribution in [-0.4, -0.2) is 89.6 Å². The summed E-state index contributed by atoms with van der Waals surface area (Å²) in [6, 6.07) is 0. The van der Waals surface area contributed by atoms with Crippen molar-refractivity contribution in [2.45, 2.75) is 192 Å². The van der Waals surface area contributed by atoms with Gasteiger partial charge in [0.2, 0.25) is 0 Å². The van der Waals surface area contributed by atoms with Gasteiger partial charge >= 0.3 is 5.97 Å². The quantitative estimate of drug-likeness (QED) is 0.0527. The van der Waals surface area contributed by atoms with E-state index in [4.69, 9.17) is 18.9 Å². The molecule has 1 fully saturated rings. The van der Waals surface area contributed by atoms with E-state index >= 15 is 0 Å². The lowest BCUT2D eigenvalue weighted by atomic mass is 9.99. The summed E-state index contributed by atoms with van der Waals surface area (Å²) < 4.78 is 22.4. The zero-order valence-corrected chi connectivity index (χ0v) is 28.2. The molecular weight excluding hydrogens is 564 g/mol. The SMILES string of the molecule is CCCCCCCCCCCCCCCCCCCCOCC(COC1OC(CO)C(O)C(O)C1O)OC(=O)CCCCC. The number of rotatable bonds is 30. The van der Waals surface area contributed by atoms with E-state index in [1.807, 2.05) is 0 Å². The minimum absolute atomic E-state index is 0.110. The molecule has 9 heteroatoms. The van der Waals surface area contributed by atoms with E-state index in [0.717, 1.165) is 32.1 Å². The van der Waals surface area contributed by atoms with Gasteiger partial charge in [-0.3, -0.25) is 4.79 Å². The lowest BCUT2D eigenvalue weighted by molar-refractivity contribution is -0.305. The summed E-state index contributed by atoms with van der Waals surface area (Å²) in [5.41, 5.74) is 0. The number of aliphatic hydroxyl groups is 4. The fraction of sp³-hybridized carbons (Fsp3) is 0.971. The first kappa shape index (κ1) is 41.2. The molecule has 262 valence electrons. The Morgan fingerprint density at radius 1 is 0.636 bits per heavy atom. The minimum Gasteiger partial charge on any atom is -0.457 e. The fourth-order valence-corrected chi connectivity index (χ4v) is 5.61. The predicted octanol–water partition coefficient (Wildman–Crippen LogP) is 6.35. The van der Waals surface area contributed by atoms with Crippen LogP contribution in [0.4, 0.5) is 0 Å². The molecule has 0 amide bonds. The number of ether oxygens (including phenoxy) is 4. The highest BCUT2D eigenvalue weighted by molar-refractivity contribution is 5.69. The first-order valence-corrected chi connectivity index (χ1v) is 18.1. The minimum atomic E-state index is -1.53. The molecule has 0 radical (unpaired) electrons. The van der Waals surface area contributed by atoms with Gasteiger partial charge in [0.25, 0.3) is 0 Å². The highest BCUT2D eigenvalue weighted by Crippen LogP contribution is 2.22. The van der Waals surface area contributed by atoms with Gasteiger partial charge in [0, 0.05) is 13.0 Å². The van der Waals surface area contributed by atoms with Gasteiger partial charge in [0.05, 0.1) is 19.8 Å². The molecule has 1 heterocycles. The molecule has 1 aliphatic rings. The smallest absolute Gasteiger partial charge is 0.306 e. The largest absolute Gasteiger partial charge is 0.457 e. The van der Waals surface area contributed by atoms with Crippen LogP contribution in [0.15, 0.2) is 0 Å². The van der Waals surface area contributed by atoms with Gasteiger partial charge < -0.3 is 39.4 Å². The maximum absolute atomic E-state index is 12.3. The maximum Gasteiger partial charge on any atom is 0.306 e. The Labute approximate surface area is 268 Å². The molecule has 4 N–H and O–H groups in total. The molecule has 44 heavy (non-hydrogen) atoms. The number of aliphatic hydroxyl groups excluding tert-OH is 4. The van der Waals surface area contributed by atoms with Gasteiger partial charge in [0.15, 0.2) is 6.29 Å². The zero-order chi connectivity index (χ0) is 32.3. The molecule has 0 saturated carbocycles. The van der Waals surface area contributed by atoms with Crippen LogP contribution in [-0.2, 0) is 23.7 Å². The van der Waals surface area contributed by atoms with Crippen LogP contribution in [0.3, 0.4) is 0 Å². The Kier molecular flexibility index (Phi) is 26.6. The van der Waals surface area contributed by atoms with Crippen molar-refractivity contribution in [3.63, 3.8) is 0 Å². The van der Waals surface area contributed by atoms with Gasteiger partial charge in [-0.25, -0.2) is 0 Å². The molecule has 0 aromatic heterocycles. The lowest BCUT2D eigenvalue weighted by Gasteiger charge is -2.39. The zero-order valence-electron chi connectivity index (χ0n) is 28.2. The van der Waals surface area contributed by atoms with Crippen LogP contribution >= 0.6 is 0 Å². The van der Waals surface area contributed by atoms with Gasteiger partial charge in [-0.2, -0.15) is 0 Å². The van der Waals surface area contributed by atoms with Crippen LogP contribution in [0, 0.1) is 0 Å². The molecule has 6 unspecified atom stereocenters. The van der Waals surface area contributed by atoms with Crippen LogP contribution in [0.2, 0.25) is 0 Å². The summed E-state index contributed by atoms with van der Waals surface area (Å²) in [5.74, 6) is -0.336. The monoisotopic (exact) mass is 632 g/mol. The predicted molar refractivity (Wildman–Crippen MR) is 173 cm³/mol. The van der Waals surface area contributed by atoms with Gasteiger partial charge in [-0.1, -0.05) is 136 Å². The Morgan fingerprint density at radius 2 is 1.11 bits per heavy atom. The summed E-state index contributed by atoms with van der Waals surface area (Å²) in [6.45, 7) is 4.40. The first-order valence-electron chi connectivity index (χ1n) is 18.1. The average molecular weight is 633 g/mol. The molecule has 0 aromatic carbocycles. The molecule has 0 bridgehead atoms. The third-order valence-electron chi connectivity index (χ3n) is 8.52. The highest BCUT2D eigenvalue weighted by Gasteiger charge is 2.44. The van der Waals surface area contributed by atoms with Gasteiger partial charge in [-0.15, -0.1) is 0 Å². The summed E-state index contributed by atoms with van der Waals surface area (Å²) in [6.07, 6.45) is 19.3. The second kappa shape index (κ2) is 28.4. The number of hydrogen-bond acceptors (Lipinski definition) is 9. The second-order valence-electron chi connectivity index (χ2n) is 12.7. The Morgan fingerprint density at radius 3 is 1.61 bits per heavy atom. The van der Waals surface area contributed by atoms with Crippen molar-refractivity contribution in [3.05, 3.63) is 0 Å². The fourth-order valence-electron chi connectivity index (χ4n) is 5.61. The Balaban J connectivity index is 2.14. The highest BCUT2D eigenvalue weighted by atomic mass is 16.7. The summed E-state index contributed by atoms with van der Waals surface area (Å²) in [7, 11) is 0. The lowest BCUT2D eigenvalue weighted by Crippen LogP contribution is -2.59. The normalized spacial score (nSPS) is 22.7. The third-order valence-corrected chi connectivity index (χ3v) is 8.52. The van der Waals surface area contributed by atoms with Crippen LogP contribution in [0.25, 0.3) is 0 Å². The molecule has 1 aliphatic heterocycles. The second-order valence-corrected chi connectivity index (χ2v) is 12.7. The summed E-state index contributed by atoms with van der Waals surface area (Å²) in [4.78, 5) is 12.3.